The first-order valence-corrected chi connectivity index (χ1v) is 4.70. The number of benzene rings is 1. The molecule has 13 heavy (non-hydrogen) atoms. The third kappa shape index (κ3) is 2.29. The van der Waals surface area contributed by atoms with Crippen molar-refractivity contribution in [2.45, 2.75) is 6.10 Å². The fraction of sp³-hybridized carbons (Fsp3) is 0.0909. The SMILES string of the molecule is C=CC(=C)[C@@H](O)c1ccccc1Br. The number of rotatable bonds is 3. The van der Waals surface area contributed by atoms with Crippen molar-refractivity contribution in [3.8, 4) is 0 Å². The molecule has 1 rings (SSSR count). The Bertz CT molecular complexity index is 331. The van der Waals surface area contributed by atoms with Crippen LogP contribution in [0.3, 0.4) is 0 Å². The van der Waals surface area contributed by atoms with E-state index in [1.807, 2.05) is 24.3 Å². The van der Waals surface area contributed by atoms with E-state index in [1.54, 1.807) is 6.08 Å². The van der Waals surface area contributed by atoms with Crippen molar-refractivity contribution in [2.24, 2.45) is 0 Å². The second-order valence-electron chi connectivity index (χ2n) is 2.70. The van der Waals surface area contributed by atoms with Crippen LogP contribution in [0.4, 0.5) is 0 Å². The molecule has 0 saturated carbocycles. The quantitative estimate of drug-likeness (QED) is 0.803. The van der Waals surface area contributed by atoms with Gasteiger partial charge in [0, 0.05) is 4.47 Å². The molecule has 0 aliphatic heterocycles. The van der Waals surface area contributed by atoms with E-state index in [9.17, 15) is 5.11 Å². The Kier molecular flexibility index (Phi) is 3.46. The van der Waals surface area contributed by atoms with E-state index in [2.05, 4.69) is 29.1 Å². The molecular weight excluding hydrogens is 228 g/mol. The molecule has 68 valence electrons. The summed E-state index contributed by atoms with van der Waals surface area (Å²) in [6.45, 7) is 7.26. The van der Waals surface area contributed by atoms with Crippen molar-refractivity contribution in [2.75, 3.05) is 0 Å². The Hall–Kier alpha value is -0.860. The highest BCUT2D eigenvalue weighted by Crippen LogP contribution is 2.27. The number of aliphatic hydroxyl groups excluding tert-OH is 1. The van der Waals surface area contributed by atoms with Crippen molar-refractivity contribution < 1.29 is 5.11 Å². The average molecular weight is 239 g/mol. The van der Waals surface area contributed by atoms with Crippen LogP contribution in [0.15, 0.2) is 53.5 Å². The summed E-state index contributed by atoms with van der Waals surface area (Å²) < 4.78 is 0.880. The van der Waals surface area contributed by atoms with Gasteiger partial charge < -0.3 is 5.11 Å². The number of halogens is 1. The lowest BCUT2D eigenvalue weighted by atomic mass is 10.0. The maximum atomic E-state index is 9.77. The Morgan fingerprint density at radius 3 is 2.62 bits per heavy atom. The van der Waals surface area contributed by atoms with Gasteiger partial charge in [0.2, 0.25) is 0 Å². The van der Waals surface area contributed by atoms with Crippen LogP contribution in [0.25, 0.3) is 0 Å². The summed E-state index contributed by atoms with van der Waals surface area (Å²) in [6.07, 6.45) is 0.887. The molecule has 0 unspecified atom stereocenters. The fourth-order valence-electron chi connectivity index (χ4n) is 1.01. The normalized spacial score (nSPS) is 12.2. The van der Waals surface area contributed by atoms with Crippen molar-refractivity contribution >= 4 is 15.9 Å². The molecule has 0 spiro atoms. The minimum absolute atomic E-state index is 0.604. The Labute approximate surface area is 86.5 Å². The molecule has 1 nitrogen and oxygen atoms in total. The minimum Gasteiger partial charge on any atom is -0.384 e. The van der Waals surface area contributed by atoms with Gasteiger partial charge >= 0.3 is 0 Å². The van der Waals surface area contributed by atoms with Crippen molar-refractivity contribution in [3.05, 3.63) is 59.1 Å². The zero-order valence-corrected chi connectivity index (χ0v) is 8.79. The molecule has 0 bridgehead atoms. The lowest BCUT2D eigenvalue weighted by molar-refractivity contribution is 0.219. The highest BCUT2D eigenvalue weighted by Gasteiger charge is 2.11. The predicted octanol–water partition coefficient (Wildman–Crippen LogP) is 3.22. The van der Waals surface area contributed by atoms with Crippen LogP contribution in [-0.4, -0.2) is 5.11 Å². The highest BCUT2D eigenvalue weighted by atomic mass is 79.9. The van der Waals surface area contributed by atoms with Crippen LogP contribution >= 0.6 is 15.9 Å². The molecule has 0 aliphatic carbocycles. The maximum Gasteiger partial charge on any atom is 0.105 e. The standard InChI is InChI=1S/C11H11BrO/c1-3-8(2)11(13)9-6-4-5-7-10(9)12/h3-7,11,13H,1-2H2/t11-/m1/s1. The van der Waals surface area contributed by atoms with Crippen LogP contribution in [-0.2, 0) is 0 Å². The van der Waals surface area contributed by atoms with Gasteiger partial charge in [-0.1, -0.05) is 53.4 Å². The van der Waals surface area contributed by atoms with Crippen LogP contribution in [0.2, 0.25) is 0 Å². The van der Waals surface area contributed by atoms with E-state index in [0.717, 1.165) is 10.0 Å². The Morgan fingerprint density at radius 2 is 2.08 bits per heavy atom. The van der Waals surface area contributed by atoms with E-state index >= 15 is 0 Å². The van der Waals surface area contributed by atoms with E-state index in [-0.39, 0.29) is 0 Å². The summed E-state index contributed by atoms with van der Waals surface area (Å²) in [6, 6.07) is 7.51. The minimum atomic E-state index is -0.673. The molecule has 1 N–H and O–H groups in total. The van der Waals surface area contributed by atoms with E-state index in [4.69, 9.17) is 0 Å². The highest BCUT2D eigenvalue weighted by molar-refractivity contribution is 9.10. The predicted molar refractivity (Wildman–Crippen MR) is 58.4 cm³/mol. The summed E-state index contributed by atoms with van der Waals surface area (Å²) in [5, 5.41) is 9.77. The van der Waals surface area contributed by atoms with E-state index < -0.39 is 6.10 Å². The smallest absolute Gasteiger partial charge is 0.105 e. The average Bonchev–Trinajstić information content (AvgIpc) is 2.16. The van der Waals surface area contributed by atoms with Crippen LogP contribution < -0.4 is 0 Å². The van der Waals surface area contributed by atoms with Gasteiger partial charge in [0.1, 0.15) is 6.10 Å². The second-order valence-corrected chi connectivity index (χ2v) is 3.56. The molecule has 0 amide bonds. The third-order valence-corrected chi connectivity index (χ3v) is 2.54. The van der Waals surface area contributed by atoms with Crippen molar-refractivity contribution in [1.29, 1.82) is 0 Å². The molecular formula is C11H11BrO. The molecule has 2 heteroatoms. The van der Waals surface area contributed by atoms with E-state index in [0.29, 0.717) is 5.57 Å². The molecule has 0 heterocycles. The van der Waals surface area contributed by atoms with Crippen LogP contribution in [0, 0.1) is 0 Å². The molecule has 0 fully saturated rings. The van der Waals surface area contributed by atoms with Gasteiger partial charge in [-0.3, -0.25) is 0 Å². The molecule has 1 atom stereocenters. The lowest BCUT2D eigenvalue weighted by Crippen LogP contribution is -1.99. The fourth-order valence-corrected chi connectivity index (χ4v) is 1.51. The number of aliphatic hydroxyl groups is 1. The van der Waals surface area contributed by atoms with Crippen molar-refractivity contribution in [1.82, 2.24) is 0 Å². The summed E-state index contributed by atoms with van der Waals surface area (Å²) >= 11 is 3.36. The molecule has 0 aliphatic rings. The van der Waals surface area contributed by atoms with Gasteiger partial charge in [-0.05, 0) is 17.2 Å². The summed E-state index contributed by atoms with van der Waals surface area (Å²) in [4.78, 5) is 0. The number of hydrogen-bond acceptors (Lipinski definition) is 1. The summed E-state index contributed by atoms with van der Waals surface area (Å²) in [7, 11) is 0. The summed E-state index contributed by atoms with van der Waals surface area (Å²) in [5.74, 6) is 0. The third-order valence-electron chi connectivity index (χ3n) is 1.81. The van der Waals surface area contributed by atoms with Gasteiger partial charge in [-0.15, -0.1) is 0 Å². The monoisotopic (exact) mass is 238 g/mol. The van der Waals surface area contributed by atoms with Gasteiger partial charge in [0.05, 0.1) is 0 Å². The molecule has 0 radical (unpaired) electrons. The molecule has 0 saturated heterocycles. The molecule has 1 aromatic carbocycles. The van der Waals surface area contributed by atoms with Crippen LogP contribution in [0.5, 0.6) is 0 Å². The first-order valence-electron chi connectivity index (χ1n) is 3.90. The maximum absolute atomic E-state index is 9.77. The van der Waals surface area contributed by atoms with Crippen molar-refractivity contribution in [3.63, 3.8) is 0 Å². The lowest BCUT2D eigenvalue weighted by Gasteiger charge is -2.12. The van der Waals surface area contributed by atoms with E-state index in [1.165, 1.54) is 0 Å². The van der Waals surface area contributed by atoms with Gasteiger partial charge in [-0.2, -0.15) is 0 Å². The summed E-state index contributed by atoms with van der Waals surface area (Å²) in [5.41, 5.74) is 1.42. The van der Waals surface area contributed by atoms with Gasteiger partial charge in [-0.25, -0.2) is 0 Å². The van der Waals surface area contributed by atoms with Crippen LogP contribution in [0.1, 0.15) is 11.7 Å². The Balaban J connectivity index is 3.01. The first-order chi connectivity index (χ1) is 6.16. The Morgan fingerprint density at radius 1 is 1.46 bits per heavy atom. The number of hydrogen-bond donors (Lipinski definition) is 1. The van der Waals surface area contributed by atoms with Gasteiger partial charge in [0.25, 0.3) is 0 Å². The first kappa shape index (κ1) is 10.2. The topological polar surface area (TPSA) is 20.2 Å². The molecule has 1 aromatic rings. The second kappa shape index (κ2) is 4.40. The largest absolute Gasteiger partial charge is 0.384 e. The zero-order chi connectivity index (χ0) is 9.84. The zero-order valence-electron chi connectivity index (χ0n) is 7.20. The van der Waals surface area contributed by atoms with Gasteiger partial charge in [0.15, 0.2) is 0 Å². The molecule has 0 aromatic heterocycles.